The average molecular weight is 331 g/mol. The molecular weight excluding hydrogens is 308 g/mol. The van der Waals surface area contributed by atoms with E-state index in [-0.39, 0.29) is 0 Å². The van der Waals surface area contributed by atoms with E-state index < -0.39 is 5.60 Å². The molecule has 1 aliphatic carbocycles. The van der Waals surface area contributed by atoms with Crippen molar-refractivity contribution in [3.05, 3.63) is 16.4 Å². The Morgan fingerprint density at radius 2 is 2.26 bits per heavy atom. The molecule has 1 N–H and O–H groups in total. The number of halogens is 1. The number of methoxy groups -OCH3 is 1. The molecule has 5 heteroatoms. The minimum absolute atomic E-state index is 0.524. The summed E-state index contributed by atoms with van der Waals surface area (Å²) in [7, 11) is 1.68. The second-order valence-electron chi connectivity index (χ2n) is 5.79. The molecule has 4 nitrogen and oxygen atoms in total. The maximum atomic E-state index is 11.0. The molecule has 1 saturated carbocycles. The first kappa shape index (κ1) is 15.0. The average Bonchev–Trinajstić information content (AvgIpc) is 2.74. The first-order valence-electron chi connectivity index (χ1n) is 6.91. The van der Waals surface area contributed by atoms with Crippen LogP contribution in [0.1, 0.15) is 38.8 Å². The highest BCUT2D eigenvalue weighted by Gasteiger charge is 2.41. The summed E-state index contributed by atoms with van der Waals surface area (Å²) >= 11 is 3.53. The third-order valence-electron chi connectivity index (χ3n) is 4.39. The van der Waals surface area contributed by atoms with E-state index in [4.69, 9.17) is 4.74 Å². The molecule has 1 aromatic rings. The van der Waals surface area contributed by atoms with Crippen molar-refractivity contribution in [1.29, 1.82) is 0 Å². The highest BCUT2D eigenvalue weighted by atomic mass is 79.9. The van der Waals surface area contributed by atoms with E-state index >= 15 is 0 Å². The Bertz CT molecular complexity index is 435. The Hall–Kier alpha value is -0.390. The van der Waals surface area contributed by atoms with Crippen LogP contribution >= 0.6 is 15.9 Å². The number of nitrogens with zero attached hydrogens (tertiary/aromatic N) is 2. The summed E-state index contributed by atoms with van der Waals surface area (Å²) < 4.78 is 7.88. The van der Waals surface area contributed by atoms with Gasteiger partial charge in [-0.2, -0.15) is 5.10 Å². The lowest BCUT2D eigenvalue weighted by molar-refractivity contribution is -0.0416. The Labute approximate surface area is 123 Å². The standard InChI is InChI=1S/C14H23BrN2O2/c1-10-4-5-14(18,8-11(10)2)13-12(15)9-16-17(13)6-7-19-3/h9-11,18H,4-8H2,1-3H3. The van der Waals surface area contributed by atoms with Gasteiger partial charge in [0.2, 0.25) is 0 Å². The quantitative estimate of drug-likeness (QED) is 0.923. The van der Waals surface area contributed by atoms with E-state index in [1.165, 1.54) is 0 Å². The van der Waals surface area contributed by atoms with E-state index in [1.807, 2.05) is 4.68 Å². The summed E-state index contributed by atoms with van der Waals surface area (Å²) in [5.41, 5.74) is 0.137. The Morgan fingerprint density at radius 3 is 2.89 bits per heavy atom. The van der Waals surface area contributed by atoms with Crippen LogP contribution in [-0.2, 0) is 16.9 Å². The van der Waals surface area contributed by atoms with E-state index in [9.17, 15) is 5.11 Å². The number of aromatic nitrogens is 2. The second-order valence-corrected chi connectivity index (χ2v) is 6.64. The summed E-state index contributed by atoms with van der Waals surface area (Å²) in [6, 6.07) is 0. The second kappa shape index (κ2) is 5.94. The predicted octanol–water partition coefficient (Wildman–Crippen LogP) is 2.94. The van der Waals surface area contributed by atoms with Crippen LogP contribution in [0.3, 0.4) is 0 Å². The van der Waals surface area contributed by atoms with Gasteiger partial charge in [-0.1, -0.05) is 13.8 Å². The highest BCUT2D eigenvalue weighted by Crippen LogP contribution is 2.44. The maximum absolute atomic E-state index is 11.0. The predicted molar refractivity (Wildman–Crippen MR) is 77.9 cm³/mol. The number of rotatable bonds is 4. The zero-order valence-corrected chi connectivity index (χ0v) is 13.5. The lowest BCUT2D eigenvalue weighted by atomic mass is 9.72. The molecule has 0 bridgehead atoms. The molecule has 108 valence electrons. The van der Waals surface area contributed by atoms with Crippen LogP contribution in [0.25, 0.3) is 0 Å². The summed E-state index contributed by atoms with van der Waals surface area (Å²) in [6.07, 6.45) is 4.42. The Morgan fingerprint density at radius 1 is 1.53 bits per heavy atom. The van der Waals surface area contributed by atoms with Crippen molar-refractivity contribution in [2.75, 3.05) is 13.7 Å². The van der Waals surface area contributed by atoms with E-state index in [0.717, 1.165) is 29.4 Å². The van der Waals surface area contributed by atoms with Crippen LogP contribution < -0.4 is 0 Å². The first-order chi connectivity index (χ1) is 8.98. The number of hydrogen-bond acceptors (Lipinski definition) is 3. The third-order valence-corrected chi connectivity index (χ3v) is 4.97. The molecule has 0 aliphatic heterocycles. The largest absolute Gasteiger partial charge is 0.384 e. The number of ether oxygens (including phenoxy) is 1. The van der Waals surface area contributed by atoms with Crippen molar-refractivity contribution >= 4 is 15.9 Å². The minimum atomic E-state index is -0.769. The van der Waals surface area contributed by atoms with Gasteiger partial charge in [-0.25, -0.2) is 0 Å². The van der Waals surface area contributed by atoms with Crippen LogP contribution in [-0.4, -0.2) is 28.6 Å². The highest BCUT2D eigenvalue weighted by molar-refractivity contribution is 9.10. The molecule has 0 radical (unpaired) electrons. The van der Waals surface area contributed by atoms with Gasteiger partial charge in [0.05, 0.1) is 29.5 Å². The van der Waals surface area contributed by atoms with Crippen molar-refractivity contribution in [2.45, 2.75) is 45.3 Å². The molecule has 2 rings (SSSR count). The van der Waals surface area contributed by atoms with Crippen LogP contribution in [0.15, 0.2) is 10.7 Å². The molecule has 0 amide bonds. The minimum Gasteiger partial charge on any atom is -0.384 e. The molecule has 19 heavy (non-hydrogen) atoms. The summed E-state index contributed by atoms with van der Waals surface area (Å²) in [6.45, 7) is 5.76. The molecule has 1 aliphatic rings. The molecule has 1 fully saturated rings. The maximum Gasteiger partial charge on any atom is 0.108 e. The van der Waals surface area contributed by atoms with Gasteiger partial charge in [0.15, 0.2) is 0 Å². The fraction of sp³-hybridized carbons (Fsp3) is 0.786. The zero-order valence-electron chi connectivity index (χ0n) is 11.9. The van der Waals surface area contributed by atoms with Crippen molar-refractivity contribution in [3.63, 3.8) is 0 Å². The van der Waals surface area contributed by atoms with E-state index in [0.29, 0.717) is 25.0 Å². The fourth-order valence-electron chi connectivity index (χ4n) is 2.97. The van der Waals surface area contributed by atoms with Gasteiger partial charge in [0, 0.05) is 7.11 Å². The van der Waals surface area contributed by atoms with Crippen LogP contribution in [0.5, 0.6) is 0 Å². The van der Waals surface area contributed by atoms with Gasteiger partial charge in [-0.15, -0.1) is 0 Å². The van der Waals surface area contributed by atoms with Gasteiger partial charge in [0.25, 0.3) is 0 Å². The van der Waals surface area contributed by atoms with E-state index in [1.54, 1.807) is 13.3 Å². The Kier molecular flexibility index (Phi) is 4.69. The first-order valence-corrected chi connectivity index (χ1v) is 7.70. The van der Waals surface area contributed by atoms with Crippen LogP contribution in [0, 0.1) is 11.8 Å². The molecule has 1 aromatic heterocycles. The lowest BCUT2D eigenvalue weighted by Crippen LogP contribution is -2.37. The van der Waals surface area contributed by atoms with Gasteiger partial charge >= 0.3 is 0 Å². The molecule has 3 unspecified atom stereocenters. The summed E-state index contributed by atoms with van der Waals surface area (Å²) in [5, 5.41) is 15.4. The number of aliphatic hydroxyl groups is 1. The van der Waals surface area contributed by atoms with Gasteiger partial charge < -0.3 is 9.84 Å². The molecule has 3 atom stereocenters. The van der Waals surface area contributed by atoms with Crippen LogP contribution in [0.2, 0.25) is 0 Å². The summed E-state index contributed by atoms with van der Waals surface area (Å²) in [4.78, 5) is 0. The Balaban J connectivity index is 2.27. The molecular formula is C14H23BrN2O2. The van der Waals surface area contributed by atoms with E-state index in [2.05, 4.69) is 34.9 Å². The van der Waals surface area contributed by atoms with Gasteiger partial charge in [0.1, 0.15) is 5.60 Å². The molecule has 0 spiro atoms. The molecule has 0 aromatic carbocycles. The molecule has 1 heterocycles. The molecule has 0 saturated heterocycles. The monoisotopic (exact) mass is 330 g/mol. The number of hydrogen-bond donors (Lipinski definition) is 1. The zero-order chi connectivity index (χ0) is 14.0. The third kappa shape index (κ3) is 3.03. The van der Waals surface area contributed by atoms with Gasteiger partial charge in [-0.3, -0.25) is 4.68 Å². The van der Waals surface area contributed by atoms with Gasteiger partial charge in [-0.05, 0) is 47.0 Å². The van der Waals surface area contributed by atoms with Crippen LogP contribution in [0.4, 0.5) is 0 Å². The normalized spacial score (nSPS) is 31.6. The topological polar surface area (TPSA) is 47.3 Å². The van der Waals surface area contributed by atoms with Crippen molar-refractivity contribution in [3.8, 4) is 0 Å². The lowest BCUT2D eigenvalue weighted by Gasteiger charge is -2.39. The summed E-state index contributed by atoms with van der Waals surface area (Å²) in [5.74, 6) is 1.20. The smallest absolute Gasteiger partial charge is 0.108 e. The SMILES string of the molecule is COCCn1ncc(Br)c1C1(O)CCC(C)C(C)C1. The van der Waals surface area contributed by atoms with Crippen molar-refractivity contribution in [2.24, 2.45) is 11.8 Å². The fourth-order valence-corrected chi connectivity index (χ4v) is 3.64. The van der Waals surface area contributed by atoms with Crippen molar-refractivity contribution in [1.82, 2.24) is 9.78 Å². The van der Waals surface area contributed by atoms with Crippen molar-refractivity contribution < 1.29 is 9.84 Å².